The monoisotopic (exact) mass is 289 g/mol. The van der Waals surface area contributed by atoms with Gasteiger partial charge in [0.1, 0.15) is 0 Å². The third-order valence-corrected chi connectivity index (χ3v) is 2.38. The maximum absolute atomic E-state index is 11.0. The van der Waals surface area contributed by atoms with Crippen LogP contribution in [-0.4, -0.2) is 30.9 Å². The van der Waals surface area contributed by atoms with E-state index in [1.165, 1.54) is 12.3 Å². The molecule has 2 N–H and O–H groups in total. The van der Waals surface area contributed by atoms with Gasteiger partial charge in [-0.1, -0.05) is 11.6 Å². The molecule has 0 saturated heterocycles. The predicted molar refractivity (Wildman–Crippen MR) is 66.5 cm³/mol. The zero-order valence-corrected chi connectivity index (χ0v) is 10.5. The molecule has 0 unspecified atom stereocenters. The number of hydrogen-bond acceptors (Lipinski definition) is 4. The first-order valence-corrected chi connectivity index (χ1v) is 5.05. The van der Waals surface area contributed by atoms with Crippen molar-refractivity contribution in [1.82, 2.24) is 14.8 Å². The van der Waals surface area contributed by atoms with Crippen molar-refractivity contribution in [3.05, 3.63) is 40.8 Å². The zero-order valence-electron chi connectivity index (χ0n) is 8.95. The maximum Gasteiger partial charge on any atom is 0.354 e. The van der Waals surface area contributed by atoms with Gasteiger partial charge in [-0.25, -0.2) is 14.5 Å². The highest BCUT2D eigenvalue weighted by atomic mass is 35.5. The highest BCUT2D eigenvalue weighted by Gasteiger charge is 2.17. The molecule has 0 aliphatic rings. The number of pyridine rings is 1. The number of carbonyl (C=O) groups is 1. The fourth-order valence-electron chi connectivity index (χ4n) is 1.35. The number of nitrogens with zero attached hydrogens (tertiary/aromatic N) is 3. The first-order chi connectivity index (χ1) is 8.13. The average Bonchev–Trinajstić information content (AvgIpc) is 2.73. The van der Waals surface area contributed by atoms with E-state index in [0.717, 1.165) is 4.68 Å². The van der Waals surface area contributed by atoms with E-state index in [9.17, 15) is 4.79 Å². The number of aromatic nitrogens is 3. The molecular formula is C10H9Cl2N3O3. The first-order valence-electron chi connectivity index (χ1n) is 4.67. The Labute approximate surface area is 113 Å². The van der Waals surface area contributed by atoms with Crippen molar-refractivity contribution in [3.8, 4) is 5.82 Å². The largest absolute Gasteiger partial charge is 0.477 e. The highest BCUT2D eigenvalue weighted by Crippen LogP contribution is 2.19. The summed E-state index contributed by atoms with van der Waals surface area (Å²) >= 11 is 5.91. The van der Waals surface area contributed by atoms with Crippen LogP contribution in [0.2, 0.25) is 5.02 Å². The Bertz CT molecular complexity index is 571. The third kappa shape index (κ3) is 2.61. The Kier molecular flexibility index (Phi) is 4.66. The van der Waals surface area contributed by atoms with Crippen molar-refractivity contribution in [2.45, 2.75) is 6.61 Å². The predicted octanol–water partition coefficient (Wildman–Crippen LogP) is 1.53. The lowest BCUT2D eigenvalue weighted by Gasteiger charge is -2.04. The average molecular weight is 290 g/mol. The van der Waals surface area contributed by atoms with E-state index in [-0.39, 0.29) is 41.2 Å². The van der Waals surface area contributed by atoms with Gasteiger partial charge >= 0.3 is 5.97 Å². The molecule has 2 aromatic rings. The van der Waals surface area contributed by atoms with Gasteiger partial charge in [0.25, 0.3) is 0 Å². The molecular weight excluding hydrogens is 281 g/mol. The van der Waals surface area contributed by atoms with Crippen LogP contribution in [0.3, 0.4) is 0 Å². The van der Waals surface area contributed by atoms with E-state index < -0.39 is 5.97 Å². The van der Waals surface area contributed by atoms with E-state index in [0.29, 0.717) is 0 Å². The number of carboxylic acids is 1. The van der Waals surface area contributed by atoms with Crippen molar-refractivity contribution >= 4 is 30.0 Å². The quantitative estimate of drug-likeness (QED) is 0.895. The minimum absolute atomic E-state index is 0. The summed E-state index contributed by atoms with van der Waals surface area (Å²) < 4.78 is 1.09. The second-order valence-electron chi connectivity index (χ2n) is 3.20. The molecule has 0 aliphatic carbocycles. The van der Waals surface area contributed by atoms with E-state index in [4.69, 9.17) is 21.8 Å². The third-order valence-electron chi connectivity index (χ3n) is 2.08. The Balaban J connectivity index is 0.00000162. The lowest BCUT2D eigenvalue weighted by Crippen LogP contribution is -2.09. The Hall–Kier alpha value is -1.63. The molecule has 0 radical (unpaired) electrons. The Morgan fingerprint density at radius 3 is 2.78 bits per heavy atom. The summed E-state index contributed by atoms with van der Waals surface area (Å²) in [5.41, 5.74) is 0.138. The van der Waals surface area contributed by atoms with Crippen LogP contribution in [0.1, 0.15) is 16.2 Å². The van der Waals surface area contributed by atoms with E-state index in [1.807, 2.05) is 0 Å². The minimum atomic E-state index is -1.17. The Morgan fingerprint density at radius 2 is 2.22 bits per heavy atom. The van der Waals surface area contributed by atoms with Gasteiger partial charge in [0, 0.05) is 6.20 Å². The molecule has 0 saturated carbocycles. The molecule has 0 atom stereocenters. The molecule has 2 aromatic heterocycles. The Morgan fingerprint density at radius 1 is 1.50 bits per heavy atom. The van der Waals surface area contributed by atoms with Crippen LogP contribution in [0.15, 0.2) is 24.4 Å². The SMILES string of the molecule is Cl.O=C(O)c1cc(CO)nn1-c1ncccc1Cl. The lowest BCUT2D eigenvalue weighted by molar-refractivity contribution is 0.0687. The fraction of sp³-hybridized carbons (Fsp3) is 0.100. The maximum atomic E-state index is 11.0. The summed E-state index contributed by atoms with van der Waals surface area (Å²) in [5, 5.41) is 22.2. The molecule has 0 spiro atoms. The number of carboxylic acid groups (broad SMARTS) is 1. The van der Waals surface area contributed by atoms with Crippen LogP contribution in [0.5, 0.6) is 0 Å². The smallest absolute Gasteiger partial charge is 0.354 e. The summed E-state index contributed by atoms with van der Waals surface area (Å²) in [6, 6.07) is 4.48. The summed E-state index contributed by atoms with van der Waals surface area (Å²) in [5.74, 6) is -0.954. The molecule has 2 heterocycles. The standard InChI is InChI=1S/C10H8ClN3O3.ClH/c11-7-2-1-3-12-9(7)14-8(10(16)17)4-6(5-15)13-14;/h1-4,15H,5H2,(H,16,17);1H. The number of rotatable bonds is 3. The topological polar surface area (TPSA) is 88.2 Å². The minimum Gasteiger partial charge on any atom is -0.477 e. The van der Waals surface area contributed by atoms with E-state index >= 15 is 0 Å². The molecule has 18 heavy (non-hydrogen) atoms. The van der Waals surface area contributed by atoms with Crippen molar-refractivity contribution in [2.75, 3.05) is 0 Å². The van der Waals surface area contributed by atoms with Crippen molar-refractivity contribution in [2.24, 2.45) is 0 Å². The van der Waals surface area contributed by atoms with Gasteiger partial charge in [0.15, 0.2) is 11.5 Å². The van der Waals surface area contributed by atoms with Crippen molar-refractivity contribution in [1.29, 1.82) is 0 Å². The van der Waals surface area contributed by atoms with Crippen LogP contribution in [0.25, 0.3) is 5.82 Å². The van der Waals surface area contributed by atoms with Gasteiger partial charge in [0.05, 0.1) is 17.3 Å². The van der Waals surface area contributed by atoms with Gasteiger partial charge in [-0.05, 0) is 18.2 Å². The van der Waals surface area contributed by atoms with Gasteiger partial charge in [-0.15, -0.1) is 12.4 Å². The van der Waals surface area contributed by atoms with Crippen molar-refractivity contribution < 1.29 is 15.0 Å². The van der Waals surface area contributed by atoms with Crippen LogP contribution in [-0.2, 0) is 6.61 Å². The van der Waals surface area contributed by atoms with Gasteiger partial charge in [-0.3, -0.25) is 0 Å². The summed E-state index contributed by atoms with van der Waals surface area (Å²) in [6.07, 6.45) is 1.48. The summed E-state index contributed by atoms with van der Waals surface area (Å²) in [4.78, 5) is 15.0. The molecule has 0 fully saturated rings. The lowest BCUT2D eigenvalue weighted by atomic mass is 10.3. The molecule has 0 amide bonds. The highest BCUT2D eigenvalue weighted by molar-refractivity contribution is 6.32. The van der Waals surface area contributed by atoms with E-state index in [2.05, 4.69) is 10.1 Å². The summed E-state index contributed by atoms with van der Waals surface area (Å²) in [6.45, 7) is -0.349. The molecule has 0 aliphatic heterocycles. The molecule has 0 bridgehead atoms. The van der Waals surface area contributed by atoms with Crippen LogP contribution in [0, 0.1) is 0 Å². The number of halogens is 2. The van der Waals surface area contributed by atoms with Crippen LogP contribution < -0.4 is 0 Å². The normalized spacial score (nSPS) is 9.89. The second kappa shape index (κ2) is 5.81. The number of aromatic carboxylic acids is 1. The first kappa shape index (κ1) is 14.4. The van der Waals surface area contributed by atoms with Gasteiger partial charge < -0.3 is 10.2 Å². The van der Waals surface area contributed by atoms with Gasteiger partial charge in [-0.2, -0.15) is 5.10 Å². The second-order valence-corrected chi connectivity index (χ2v) is 3.61. The number of aliphatic hydroxyl groups is 1. The number of hydrogen-bond donors (Lipinski definition) is 2. The van der Waals surface area contributed by atoms with Crippen LogP contribution >= 0.6 is 24.0 Å². The number of aliphatic hydroxyl groups excluding tert-OH is 1. The fourth-order valence-corrected chi connectivity index (χ4v) is 1.56. The van der Waals surface area contributed by atoms with Crippen LogP contribution in [0.4, 0.5) is 0 Å². The molecule has 6 nitrogen and oxygen atoms in total. The summed E-state index contributed by atoms with van der Waals surface area (Å²) in [7, 11) is 0. The van der Waals surface area contributed by atoms with E-state index in [1.54, 1.807) is 12.1 Å². The van der Waals surface area contributed by atoms with Gasteiger partial charge in [0.2, 0.25) is 0 Å². The molecule has 8 heteroatoms. The molecule has 2 rings (SSSR count). The molecule has 96 valence electrons. The zero-order chi connectivity index (χ0) is 12.4. The molecule has 0 aromatic carbocycles. The van der Waals surface area contributed by atoms with Crippen molar-refractivity contribution in [3.63, 3.8) is 0 Å².